The van der Waals surface area contributed by atoms with Gasteiger partial charge in [0.15, 0.2) is 6.61 Å². The van der Waals surface area contributed by atoms with Crippen LogP contribution in [0.3, 0.4) is 0 Å². The number of hydrogen-bond donors (Lipinski definition) is 0. The van der Waals surface area contributed by atoms with Crippen molar-refractivity contribution in [3.8, 4) is 11.5 Å². The summed E-state index contributed by atoms with van der Waals surface area (Å²) in [4.78, 5) is 21.2. The molecule has 0 radical (unpaired) electrons. The number of ether oxygens (including phenoxy) is 2. The molecule has 1 aliphatic rings. The van der Waals surface area contributed by atoms with Gasteiger partial charge in [0.1, 0.15) is 17.1 Å². The van der Waals surface area contributed by atoms with E-state index in [1.165, 1.54) is 5.69 Å². The Balaban J connectivity index is 1.24. The number of rotatable bonds is 7. The zero-order valence-corrected chi connectivity index (χ0v) is 16.7. The van der Waals surface area contributed by atoms with Gasteiger partial charge in [-0.2, -0.15) is 0 Å². The van der Waals surface area contributed by atoms with E-state index in [0.717, 1.165) is 31.0 Å². The first-order valence-corrected chi connectivity index (χ1v) is 9.99. The number of amides is 1. The number of carbonyl (C=O) groups is 1. The summed E-state index contributed by atoms with van der Waals surface area (Å²) in [5, 5.41) is 0. The molecule has 1 aromatic carbocycles. The topological polar surface area (TPSA) is 59.3 Å². The molecule has 0 aliphatic carbocycles. The molecule has 3 aromatic rings. The number of fused-ring (bicyclic) bond motifs is 1. The third-order valence-electron chi connectivity index (χ3n) is 5.10. The van der Waals surface area contributed by atoms with Crippen molar-refractivity contribution < 1.29 is 14.3 Å². The Morgan fingerprint density at radius 3 is 2.45 bits per heavy atom. The maximum absolute atomic E-state index is 12.5. The van der Waals surface area contributed by atoms with Crippen LogP contribution >= 0.6 is 0 Å². The maximum Gasteiger partial charge on any atom is 0.260 e. The molecule has 1 aliphatic heterocycles. The predicted molar refractivity (Wildman–Crippen MR) is 110 cm³/mol. The smallest absolute Gasteiger partial charge is 0.260 e. The van der Waals surface area contributed by atoms with Gasteiger partial charge in [0.2, 0.25) is 0 Å². The fraction of sp³-hybridized carbons (Fsp3) is 0.364. The Morgan fingerprint density at radius 2 is 1.72 bits per heavy atom. The number of carbonyl (C=O) groups excluding carboxylic acids is 1. The summed E-state index contributed by atoms with van der Waals surface area (Å²) in [7, 11) is 0. The lowest BCUT2D eigenvalue weighted by atomic mass is 10.3. The van der Waals surface area contributed by atoms with Crippen LogP contribution in [0.25, 0.3) is 5.65 Å². The summed E-state index contributed by atoms with van der Waals surface area (Å²) >= 11 is 0. The minimum Gasteiger partial charge on any atom is -0.494 e. The van der Waals surface area contributed by atoms with Gasteiger partial charge in [-0.3, -0.25) is 9.69 Å². The van der Waals surface area contributed by atoms with Crippen molar-refractivity contribution >= 4 is 11.6 Å². The summed E-state index contributed by atoms with van der Waals surface area (Å²) in [6, 6.07) is 13.4. The molecule has 7 heteroatoms. The molecular formula is C22H26N4O3. The number of imidazole rings is 1. The molecule has 1 fully saturated rings. The molecule has 29 heavy (non-hydrogen) atoms. The highest BCUT2D eigenvalue weighted by Gasteiger charge is 2.22. The van der Waals surface area contributed by atoms with E-state index in [1.54, 1.807) is 0 Å². The van der Waals surface area contributed by atoms with Crippen molar-refractivity contribution in [2.75, 3.05) is 39.4 Å². The number of hydrogen-bond acceptors (Lipinski definition) is 5. The normalized spacial score (nSPS) is 14.9. The average Bonchev–Trinajstić information content (AvgIpc) is 3.17. The lowest BCUT2D eigenvalue weighted by Crippen LogP contribution is -2.49. The second-order valence-electron chi connectivity index (χ2n) is 7.03. The highest BCUT2D eigenvalue weighted by Crippen LogP contribution is 2.18. The van der Waals surface area contributed by atoms with E-state index in [2.05, 4.69) is 14.3 Å². The maximum atomic E-state index is 12.5. The highest BCUT2D eigenvalue weighted by atomic mass is 16.5. The predicted octanol–water partition coefficient (Wildman–Crippen LogP) is 2.46. The number of aromatic nitrogens is 2. The molecule has 152 valence electrons. The molecule has 1 saturated heterocycles. The van der Waals surface area contributed by atoms with Crippen molar-refractivity contribution in [2.45, 2.75) is 13.5 Å². The lowest BCUT2D eigenvalue weighted by Gasteiger charge is -2.34. The Kier molecular flexibility index (Phi) is 5.95. The molecule has 7 nitrogen and oxygen atoms in total. The number of piperazine rings is 1. The minimum atomic E-state index is 0.0216. The van der Waals surface area contributed by atoms with Crippen molar-refractivity contribution in [1.82, 2.24) is 19.2 Å². The Morgan fingerprint density at radius 1 is 1.00 bits per heavy atom. The van der Waals surface area contributed by atoms with Gasteiger partial charge in [0, 0.05) is 38.9 Å². The van der Waals surface area contributed by atoms with Crippen molar-refractivity contribution in [3.05, 3.63) is 60.6 Å². The first-order chi connectivity index (χ1) is 14.2. The van der Waals surface area contributed by atoms with Gasteiger partial charge in [-0.15, -0.1) is 0 Å². The third-order valence-corrected chi connectivity index (χ3v) is 5.10. The van der Waals surface area contributed by atoms with Crippen molar-refractivity contribution in [1.29, 1.82) is 0 Å². The molecule has 2 aromatic heterocycles. The fourth-order valence-corrected chi connectivity index (χ4v) is 3.52. The molecular weight excluding hydrogens is 368 g/mol. The molecule has 0 N–H and O–H groups in total. The Bertz CT molecular complexity index is 946. The van der Waals surface area contributed by atoms with Crippen LogP contribution in [-0.4, -0.2) is 64.5 Å². The Labute approximate surface area is 170 Å². The van der Waals surface area contributed by atoms with Crippen LogP contribution in [0.4, 0.5) is 0 Å². The molecule has 0 spiro atoms. The largest absolute Gasteiger partial charge is 0.494 e. The number of benzene rings is 1. The first kappa shape index (κ1) is 19.3. The van der Waals surface area contributed by atoms with E-state index < -0.39 is 0 Å². The van der Waals surface area contributed by atoms with E-state index in [1.807, 2.05) is 66.7 Å². The summed E-state index contributed by atoms with van der Waals surface area (Å²) in [5.41, 5.74) is 2.13. The van der Waals surface area contributed by atoms with E-state index >= 15 is 0 Å². The van der Waals surface area contributed by atoms with Gasteiger partial charge in [-0.1, -0.05) is 6.07 Å². The third kappa shape index (κ3) is 4.68. The quantitative estimate of drug-likeness (QED) is 0.616. The fourth-order valence-electron chi connectivity index (χ4n) is 3.52. The SMILES string of the molecule is CCOc1ccc(OCC(=O)N2CCN(Cc3cnc4ccccn34)CC2)cc1. The van der Waals surface area contributed by atoms with Gasteiger partial charge < -0.3 is 18.8 Å². The highest BCUT2D eigenvalue weighted by molar-refractivity contribution is 5.77. The van der Waals surface area contributed by atoms with Crippen LogP contribution in [-0.2, 0) is 11.3 Å². The zero-order valence-electron chi connectivity index (χ0n) is 16.7. The van der Waals surface area contributed by atoms with Crippen molar-refractivity contribution in [3.63, 3.8) is 0 Å². The van der Waals surface area contributed by atoms with Crippen LogP contribution in [0.2, 0.25) is 0 Å². The van der Waals surface area contributed by atoms with Gasteiger partial charge in [0.05, 0.1) is 18.5 Å². The average molecular weight is 394 g/mol. The van der Waals surface area contributed by atoms with Gasteiger partial charge >= 0.3 is 0 Å². The molecule has 0 unspecified atom stereocenters. The van der Waals surface area contributed by atoms with Gasteiger partial charge in [-0.05, 0) is 43.3 Å². The second-order valence-corrected chi connectivity index (χ2v) is 7.03. The second kappa shape index (κ2) is 8.96. The summed E-state index contributed by atoms with van der Waals surface area (Å²) in [6.07, 6.45) is 3.97. The van der Waals surface area contributed by atoms with Crippen LogP contribution < -0.4 is 9.47 Å². The molecule has 0 atom stereocenters. The molecule has 4 rings (SSSR count). The number of nitrogens with zero attached hydrogens (tertiary/aromatic N) is 4. The van der Waals surface area contributed by atoms with E-state index in [0.29, 0.717) is 25.4 Å². The molecule has 0 bridgehead atoms. The molecule has 0 saturated carbocycles. The standard InChI is InChI=1S/C22H26N4O3/c1-2-28-19-6-8-20(9-7-19)29-17-22(27)25-13-11-24(12-14-25)16-18-15-23-21-5-3-4-10-26(18)21/h3-10,15H,2,11-14,16-17H2,1H3. The summed E-state index contributed by atoms with van der Waals surface area (Å²) in [5.74, 6) is 1.50. The van der Waals surface area contributed by atoms with Crippen LogP contribution in [0.15, 0.2) is 54.9 Å². The molecule has 3 heterocycles. The van der Waals surface area contributed by atoms with E-state index in [9.17, 15) is 4.79 Å². The summed E-state index contributed by atoms with van der Waals surface area (Å²) < 4.78 is 13.2. The minimum absolute atomic E-state index is 0.0216. The monoisotopic (exact) mass is 394 g/mol. The van der Waals surface area contributed by atoms with E-state index in [4.69, 9.17) is 9.47 Å². The van der Waals surface area contributed by atoms with Crippen LogP contribution in [0, 0.1) is 0 Å². The lowest BCUT2D eigenvalue weighted by molar-refractivity contribution is -0.135. The molecule has 1 amide bonds. The first-order valence-electron chi connectivity index (χ1n) is 9.99. The van der Waals surface area contributed by atoms with Crippen molar-refractivity contribution in [2.24, 2.45) is 0 Å². The van der Waals surface area contributed by atoms with Crippen LogP contribution in [0.5, 0.6) is 11.5 Å². The van der Waals surface area contributed by atoms with Crippen LogP contribution in [0.1, 0.15) is 12.6 Å². The van der Waals surface area contributed by atoms with Gasteiger partial charge in [0.25, 0.3) is 5.91 Å². The number of pyridine rings is 1. The Hall–Kier alpha value is -3.06. The van der Waals surface area contributed by atoms with E-state index in [-0.39, 0.29) is 12.5 Å². The summed E-state index contributed by atoms with van der Waals surface area (Å²) in [6.45, 7) is 6.56. The van der Waals surface area contributed by atoms with Gasteiger partial charge in [-0.25, -0.2) is 4.98 Å². The zero-order chi connectivity index (χ0) is 20.1.